The molecule has 26 heavy (non-hydrogen) atoms. The molecule has 6 nitrogen and oxygen atoms in total. The van der Waals surface area contributed by atoms with Crippen LogP contribution in [0.25, 0.3) is 16.0 Å². The number of nitrogens with zero attached hydrogens (tertiary/aromatic N) is 3. The van der Waals surface area contributed by atoms with E-state index in [0.717, 1.165) is 67.5 Å². The maximum Gasteiger partial charge on any atom is 0.289 e. The number of morpholine rings is 1. The maximum atomic E-state index is 5.78. The third-order valence-corrected chi connectivity index (χ3v) is 5.31. The number of ether oxygens (including phenoxy) is 2. The van der Waals surface area contributed by atoms with Gasteiger partial charge in [-0.25, -0.2) is 9.98 Å². The minimum atomic E-state index is 0.487. The molecule has 1 aromatic heterocycles. The summed E-state index contributed by atoms with van der Waals surface area (Å²) in [6.45, 7) is 9.73. The first kappa shape index (κ1) is 18.8. The number of hydrogen-bond acceptors (Lipinski definition) is 6. The average molecular weight is 375 g/mol. The third-order valence-electron chi connectivity index (χ3n) is 4.24. The van der Waals surface area contributed by atoms with Gasteiger partial charge < -0.3 is 14.8 Å². The van der Waals surface area contributed by atoms with Crippen molar-refractivity contribution >= 4 is 33.3 Å². The number of amidine groups is 1. The molecule has 140 valence electrons. The van der Waals surface area contributed by atoms with E-state index in [4.69, 9.17) is 9.47 Å². The van der Waals surface area contributed by atoms with E-state index >= 15 is 0 Å². The van der Waals surface area contributed by atoms with Crippen molar-refractivity contribution in [3.63, 3.8) is 0 Å². The van der Waals surface area contributed by atoms with Crippen LogP contribution >= 0.6 is 11.3 Å². The molecule has 0 amide bonds. The van der Waals surface area contributed by atoms with Crippen LogP contribution in [0.4, 0.5) is 0 Å². The van der Waals surface area contributed by atoms with Crippen LogP contribution in [-0.4, -0.2) is 62.3 Å². The van der Waals surface area contributed by atoms with Crippen LogP contribution < -0.4 is 5.32 Å². The fourth-order valence-corrected chi connectivity index (χ4v) is 3.67. The number of aromatic nitrogens is 1. The highest BCUT2D eigenvalue weighted by atomic mass is 32.1. The Morgan fingerprint density at radius 1 is 1.35 bits per heavy atom. The first-order chi connectivity index (χ1) is 12.8. The van der Waals surface area contributed by atoms with Crippen LogP contribution in [0.1, 0.15) is 17.8 Å². The van der Waals surface area contributed by atoms with Gasteiger partial charge in [0.25, 0.3) is 6.02 Å². The number of benzene rings is 1. The molecule has 0 aliphatic carbocycles. The molecule has 2 heterocycles. The Morgan fingerprint density at radius 3 is 2.92 bits per heavy atom. The maximum absolute atomic E-state index is 5.78. The van der Waals surface area contributed by atoms with E-state index in [-0.39, 0.29) is 0 Å². The molecule has 0 bridgehead atoms. The molecular weight excluding hydrogens is 348 g/mol. The number of hydrogen-bond donors (Lipinski definition) is 1. The van der Waals surface area contributed by atoms with E-state index in [0.29, 0.717) is 11.8 Å². The van der Waals surface area contributed by atoms with Gasteiger partial charge in [0.2, 0.25) is 0 Å². The Balaban J connectivity index is 1.40. The standard InChI is InChI=1S/C19H26N4O2S/c1-15(18-22-16-7-3-4-8-17(16)26-18)25-19(20-2)21-9-5-6-10-23-11-13-24-14-12-23/h3-4,7-8H,1,5-6,9-14H2,2H3,(H,20,21). The second kappa shape index (κ2) is 9.66. The molecule has 3 rings (SSSR count). The number of nitrogens with one attached hydrogen (secondary N) is 1. The summed E-state index contributed by atoms with van der Waals surface area (Å²) < 4.78 is 12.3. The number of fused-ring (bicyclic) bond motifs is 1. The number of aliphatic imine (C=N–C) groups is 1. The van der Waals surface area contributed by atoms with Gasteiger partial charge in [0, 0.05) is 26.7 Å². The van der Waals surface area contributed by atoms with Crippen LogP contribution in [0.15, 0.2) is 35.8 Å². The van der Waals surface area contributed by atoms with Crippen molar-refractivity contribution in [1.82, 2.24) is 15.2 Å². The first-order valence-corrected chi connectivity index (χ1v) is 9.81. The average Bonchev–Trinajstić information content (AvgIpc) is 3.12. The van der Waals surface area contributed by atoms with Crippen LogP contribution in [-0.2, 0) is 9.47 Å². The van der Waals surface area contributed by atoms with E-state index in [1.165, 1.54) is 0 Å². The Morgan fingerprint density at radius 2 is 2.15 bits per heavy atom. The van der Waals surface area contributed by atoms with Crippen LogP contribution in [0.2, 0.25) is 0 Å². The van der Waals surface area contributed by atoms with Crippen molar-refractivity contribution in [2.45, 2.75) is 12.8 Å². The number of para-hydroxylation sites is 1. The van der Waals surface area contributed by atoms with Gasteiger partial charge in [-0.05, 0) is 31.5 Å². The lowest BCUT2D eigenvalue weighted by Crippen LogP contribution is -2.37. The zero-order valence-corrected chi connectivity index (χ0v) is 16.1. The quantitative estimate of drug-likeness (QED) is 0.349. The third kappa shape index (κ3) is 5.27. The van der Waals surface area contributed by atoms with Crippen molar-refractivity contribution < 1.29 is 9.47 Å². The molecule has 1 fully saturated rings. The summed E-state index contributed by atoms with van der Waals surface area (Å²) in [5.74, 6) is 0.521. The van der Waals surface area contributed by atoms with E-state index in [1.54, 1.807) is 18.4 Å². The second-order valence-electron chi connectivity index (χ2n) is 6.13. The predicted molar refractivity (Wildman–Crippen MR) is 108 cm³/mol. The molecule has 0 radical (unpaired) electrons. The lowest BCUT2D eigenvalue weighted by atomic mass is 10.3. The van der Waals surface area contributed by atoms with E-state index in [2.05, 4.69) is 26.8 Å². The molecule has 1 saturated heterocycles. The molecule has 1 aromatic carbocycles. The summed E-state index contributed by atoms with van der Waals surface area (Å²) in [6, 6.07) is 8.51. The number of rotatable bonds is 7. The van der Waals surface area contributed by atoms with Crippen molar-refractivity contribution in [2.24, 2.45) is 4.99 Å². The molecule has 0 atom stereocenters. The molecule has 0 saturated carbocycles. The fraction of sp³-hybridized carbons (Fsp3) is 0.474. The van der Waals surface area contributed by atoms with Crippen LogP contribution in [0, 0.1) is 0 Å². The van der Waals surface area contributed by atoms with E-state index in [9.17, 15) is 0 Å². The molecule has 7 heteroatoms. The van der Waals surface area contributed by atoms with Crippen molar-refractivity contribution in [3.05, 3.63) is 35.9 Å². The Kier molecular flexibility index (Phi) is 6.99. The fourth-order valence-electron chi connectivity index (χ4n) is 2.79. The normalized spacial score (nSPS) is 16.0. The Hall–Kier alpha value is -1.96. The van der Waals surface area contributed by atoms with Gasteiger partial charge in [0.05, 0.1) is 23.4 Å². The zero-order valence-electron chi connectivity index (χ0n) is 15.2. The van der Waals surface area contributed by atoms with Gasteiger partial charge in [0.1, 0.15) is 0 Å². The lowest BCUT2D eigenvalue weighted by Gasteiger charge is -2.26. The summed E-state index contributed by atoms with van der Waals surface area (Å²) in [7, 11) is 1.71. The van der Waals surface area contributed by atoms with Gasteiger partial charge >= 0.3 is 0 Å². The van der Waals surface area contributed by atoms with Crippen molar-refractivity contribution in [3.8, 4) is 0 Å². The summed E-state index contributed by atoms with van der Waals surface area (Å²) >= 11 is 1.57. The van der Waals surface area contributed by atoms with Gasteiger partial charge in [-0.2, -0.15) is 0 Å². The lowest BCUT2D eigenvalue weighted by molar-refractivity contribution is 0.0372. The summed E-state index contributed by atoms with van der Waals surface area (Å²) in [6.07, 6.45) is 2.20. The Labute approximate surface area is 158 Å². The first-order valence-electron chi connectivity index (χ1n) is 9.00. The highest BCUT2D eigenvalue weighted by molar-refractivity contribution is 7.19. The summed E-state index contributed by atoms with van der Waals surface area (Å²) in [5.41, 5.74) is 0.961. The number of thiazole rings is 1. The predicted octanol–water partition coefficient (Wildman–Crippen LogP) is 2.97. The minimum absolute atomic E-state index is 0.487. The topological polar surface area (TPSA) is 59.0 Å². The van der Waals surface area contributed by atoms with Crippen LogP contribution in [0.5, 0.6) is 0 Å². The van der Waals surface area contributed by atoms with Gasteiger partial charge in [0.15, 0.2) is 10.8 Å². The van der Waals surface area contributed by atoms with Gasteiger partial charge in [-0.3, -0.25) is 4.90 Å². The highest BCUT2D eigenvalue weighted by Gasteiger charge is 2.11. The molecule has 1 aliphatic heterocycles. The van der Waals surface area contributed by atoms with Crippen LogP contribution in [0.3, 0.4) is 0 Å². The smallest absolute Gasteiger partial charge is 0.289 e. The SMILES string of the molecule is C=C(OC(=NC)NCCCCN1CCOCC1)c1nc2ccccc2s1. The molecule has 2 aromatic rings. The van der Waals surface area contributed by atoms with Gasteiger partial charge in [-0.15, -0.1) is 11.3 Å². The van der Waals surface area contributed by atoms with Crippen molar-refractivity contribution in [2.75, 3.05) is 46.4 Å². The number of unbranched alkanes of at least 4 members (excludes halogenated alkanes) is 1. The minimum Gasteiger partial charge on any atom is -0.424 e. The molecule has 1 N–H and O–H groups in total. The largest absolute Gasteiger partial charge is 0.424 e. The molecule has 0 spiro atoms. The monoisotopic (exact) mass is 374 g/mol. The molecular formula is C19H26N4O2S. The summed E-state index contributed by atoms with van der Waals surface area (Å²) in [4.78, 5) is 11.2. The van der Waals surface area contributed by atoms with E-state index < -0.39 is 0 Å². The van der Waals surface area contributed by atoms with E-state index in [1.807, 2.05) is 24.3 Å². The Bertz CT molecular complexity index is 720. The molecule has 0 unspecified atom stereocenters. The molecule has 1 aliphatic rings. The van der Waals surface area contributed by atoms with Crippen molar-refractivity contribution in [1.29, 1.82) is 0 Å². The van der Waals surface area contributed by atoms with Gasteiger partial charge in [-0.1, -0.05) is 18.7 Å². The second-order valence-corrected chi connectivity index (χ2v) is 7.16. The zero-order chi connectivity index (χ0) is 18.2. The summed E-state index contributed by atoms with van der Waals surface area (Å²) in [5, 5.41) is 4.02. The highest BCUT2D eigenvalue weighted by Crippen LogP contribution is 2.26.